The van der Waals surface area contributed by atoms with E-state index in [1.807, 2.05) is 0 Å². The van der Waals surface area contributed by atoms with Crippen LogP contribution in [0.3, 0.4) is 0 Å². The summed E-state index contributed by atoms with van der Waals surface area (Å²) in [6.45, 7) is 0.377. The fourth-order valence-electron chi connectivity index (χ4n) is 2.66. The lowest BCUT2D eigenvalue weighted by atomic mass is 10.1. The molecule has 6 nitrogen and oxygen atoms in total. The van der Waals surface area contributed by atoms with Crippen LogP contribution in [-0.4, -0.2) is 23.9 Å². The first-order valence-electron chi connectivity index (χ1n) is 7.83. The van der Waals surface area contributed by atoms with Crippen molar-refractivity contribution in [3.8, 4) is 23.0 Å². The van der Waals surface area contributed by atoms with Crippen molar-refractivity contribution in [3.05, 3.63) is 47.5 Å². The number of fused-ring (bicyclic) bond motifs is 2. The van der Waals surface area contributed by atoms with Gasteiger partial charge in [0.15, 0.2) is 23.0 Å². The van der Waals surface area contributed by atoms with E-state index in [0.717, 1.165) is 11.1 Å². The molecule has 2 aromatic rings. The lowest BCUT2D eigenvalue weighted by Gasteiger charge is -2.18. The molecule has 26 heavy (non-hydrogen) atoms. The molecule has 0 aliphatic carbocycles. The predicted octanol–water partition coefficient (Wildman–Crippen LogP) is 3.60. The first kappa shape index (κ1) is 17.1. The minimum Gasteiger partial charge on any atom is -0.459 e. The average molecular weight is 397 g/mol. The van der Waals surface area contributed by atoms with Crippen molar-refractivity contribution in [2.75, 3.05) is 13.6 Å². The third-order valence-corrected chi connectivity index (χ3v) is 4.54. The predicted molar refractivity (Wildman–Crippen MR) is 93.1 cm³/mol. The van der Waals surface area contributed by atoms with E-state index < -0.39 is 10.3 Å². The van der Waals surface area contributed by atoms with Crippen LogP contribution in [0.25, 0.3) is 0 Å². The highest BCUT2D eigenvalue weighted by Gasteiger charge is 2.36. The van der Waals surface area contributed by atoms with E-state index >= 15 is 0 Å². The summed E-state index contributed by atoms with van der Waals surface area (Å²) in [4.78, 5) is 12.3. The van der Waals surface area contributed by atoms with Crippen molar-refractivity contribution in [2.45, 2.75) is 17.4 Å². The highest BCUT2D eigenvalue weighted by molar-refractivity contribution is 6.57. The standard InChI is InChI=1S/C18H14Cl2O6/c19-18(20,7-11-1-3-13-15(5-11)25-9-23-13)17(21)22-8-12-2-4-14-16(6-12)26-10-24-14/h1-6H,7-10H2. The molecule has 0 radical (unpaired) electrons. The normalized spacial score (nSPS) is 14.4. The van der Waals surface area contributed by atoms with Crippen molar-refractivity contribution in [1.82, 2.24) is 0 Å². The second-order valence-electron chi connectivity index (χ2n) is 5.83. The number of carbonyl (C=O) groups is 1. The van der Waals surface area contributed by atoms with Gasteiger partial charge in [-0.2, -0.15) is 0 Å². The number of hydrogen-bond acceptors (Lipinski definition) is 6. The lowest BCUT2D eigenvalue weighted by Crippen LogP contribution is -2.30. The Morgan fingerprint density at radius 2 is 1.42 bits per heavy atom. The van der Waals surface area contributed by atoms with Gasteiger partial charge in [-0.05, 0) is 35.4 Å². The summed E-state index contributed by atoms with van der Waals surface area (Å²) in [6.07, 6.45) is 0.0761. The molecule has 0 saturated carbocycles. The second-order valence-corrected chi connectivity index (χ2v) is 7.32. The molecular weight excluding hydrogens is 383 g/mol. The van der Waals surface area contributed by atoms with Crippen LogP contribution < -0.4 is 18.9 Å². The van der Waals surface area contributed by atoms with Crippen LogP contribution in [0.15, 0.2) is 36.4 Å². The number of carbonyl (C=O) groups excluding carboxylic acids is 1. The van der Waals surface area contributed by atoms with Crippen molar-refractivity contribution < 1.29 is 28.5 Å². The molecule has 0 atom stereocenters. The van der Waals surface area contributed by atoms with Gasteiger partial charge < -0.3 is 23.7 Å². The van der Waals surface area contributed by atoms with Gasteiger partial charge in [0.2, 0.25) is 17.9 Å². The number of alkyl halides is 2. The maximum atomic E-state index is 12.3. The zero-order valence-electron chi connectivity index (χ0n) is 13.5. The average Bonchev–Trinajstić information content (AvgIpc) is 3.27. The zero-order valence-corrected chi connectivity index (χ0v) is 15.0. The summed E-state index contributed by atoms with van der Waals surface area (Å²) in [5, 5.41) is 0. The molecule has 0 N–H and O–H groups in total. The van der Waals surface area contributed by atoms with Gasteiger partial charge in [-0.3, -0.25) is 0 Å². The van der Waals surface area contributed by atoms with Crippen LogP contribution in [0.2, 0.25) is 0 Å². The molecule has 0 saturated heterocycles. The molecule has 2 heterocycles. The fourth-order valence-corrected chi connectivity index (χ4v) is 3.08. The Hall–Kier alpha value is -2.31. The molecule has 2 aromatic carbocycles. The molecule has 136 valence electrons. The van der Waals surface area contributed by atoms with Gasteiger partial charge in [-0.1, -0.05) is 35.3 Å². The van der Waals surface area contributed by atoms with Gasteiger partial charge in [-0.15, -0.1) is 0 Å². The van der Waals surface area contributed by atoms with Gasteiger partial charge in [0.05, 0.1) is 0 Å². The van der Waals surface area contributed by atoms with E-state index in [2.05, 4.69) is 0 Å². The monoisotopic (exact) mass is 396 g/mol. The largest absolute Gasteiger partial charge is 0.459 e. The number of hydrogen-bond donors (Lipinski definition) is 0. The summed E-state index contributed by atoms with van der Waals surface area (Å²) >= 11 is 12.4. The van der Waals surface area contributed by atoms with Crippen LogP contribution in [0.4, 0.5) is 0 Å². The van der Waals surface area contributed by atoms with E-state index in [1.54, 1.807) is 36.4 Å². The molecule has 0 bridgehead atoms. The molecule has 2 aliphatic heterocycles. The Kier molecular flexibility index (Phi) is 4.46. The smallest absolute Gasteiger partial charge is 0.343 e. The number of esters is 1. The molecule has 0 aromatic heterocycles. The molecule has 8 heteroatoms. The summed E-state index contributed by atoms with van der Waals surface area (Å²) in [5.41, 5.74) is 1.48. The highest BCUT2D eigenvalue weighted by Crippen LogP contribution is 2.36. The number of rotatable bonds is 5. The molecule has 0 amide bonds. The van der Waals surface area contributed by atoms with Crippen LogP contribution in [0, 0.1) is 0 Å². The summed E-state index contributed by atoms with van der Waals surface area (Å²) in [6, 6.07) is 10.6. The molecule has 2 aliphatic rings. The van der Waals surface area contributed by atoms with Gasteiger partial charge in [-0.25, -0.2) is 4.79 Å². The number of benzene rings is 2. The Morgan fingerprint density at radius 3 is 2.08 bits per heavy atom. The van der Waals surface area contributed by atoms with Gasteiger partial charge in [0.25, 0.3) is 0 Å². The molecule has 0 spiro atoms. The SMILES string of the molecule is O=C(OCc1ccc2c(c1)OCO2)C(Cl)(Cl)Cc1ccc2c(c1)OCO2. The Labute approximate surface area is 159 Å². The third-order valence-electron chi connectivity index (χ3n) is 3.97. The zero-order chi connectivity index (χ0) is 18.1. The van der Waals surface area contributed by atoms with Gasteiger partial charge >= 0.3 is 5.97 Å². The highest BCUT2D eigenvalue weighted by atomic mass is 35.5. The summed E-state index contributed by atoms with van der Waals surface area (Å²) < 4.78 is 24.6. The van der Waals surface area contributed by atoms with E-state index in [1.165, 1.54) is 0 Å². The molecule has 0 unspecified atom stereocenters. The van der Waals surface area contributed by atoms with Crippen LogP contribution in [0.5, 0.6) is 23.0 Å². The maximum absolute atomic E-state index is 12.3. The molecular formula is C18H14Cl2O6. The fraction of sp³-hybridized carbons (Fsp3) is 0.278. The minimum absolute atomic E-state index is 0.0256. The third kappa shape index (κ3) is 3.48. The summed E-state index contributed by atoms with van der Waals surface area (Å²) in [5.74, 6) is 1.79. The van der Waals surface area contributed by atoms with Crippen molar-refractivity contribution in [1.29, 1.82) is 0 Å². The Morgan fingerprint density at radius 1 is 0.885 bits per heavy atom. The topological polar surface area (TPSA) is 63.2 Å². The Bertz CT molecular complexity index is 852. The molecule has 0 fully saturated rings. The first-order chi connectivity index (χ1) is 12.5. The minimum atomic E-state index is -1.72. The summed E-state index contributed by atoms with van der Waals surface area (Å²) in [7, 11) is 0. The van der Waals surface area contributed by atoms with E-state index in [0.29, 0.717) is 23.0 Å². The number of halogens is 2. The number of ether oxygens (including phenoxy) is 5. The van der Waals surface area contributed by atoms with Crippen LogP contribution in [-0.2, 0) is 22.6 Å². The van der Waals surface area contributed by atoms with Crippen LogP contribution in [0.1, 0.15) is 11.1 Å². The second kappa shape index (κ2) is 6.78. The Balaban J connectivity index is 1.38. The maximum Gasteiger partial charge on any atom is 0.343 e. The van der Waals surface area contributed by atoms with Crippen molar-refractivity contribution in [3.63, 3.8) is 0 Å². The van der Waals surface area contributed by atoms with E-state index in [-0.39, 0.29) is 26.6 Å². The van der Waals surface area contributed by atoms with Gasteiger partial charge in [0.1, 0.15) is 6.61 Å². The van der Waals surface area contributed by atoms with Crippen LogP contribution >= 0.6 is 23.2 Å². The van der Waals surface area contributed by atoms with E-state index in [4.69, 9.17) is 46.9 Å². The molecule has 4 rings (SSSR count). The van der Waals surface area contributed by atoms with Gasteiger partial charge in [0, 0.05) is 6.42 Å². The van der Waals surface area contributed by atoms with Crippen molar-refractivity contribution in [2.24, 2.45) is 0 Å². The lowest BCUT2D eigenvalue weighted by molar-refractivity contribution is -0.145. The first-order valence-corrected chi connectivity index (χ1v) is 8.59. The van der Waals surface area contributed by atoms with Crippen molar-refractivity contribution >= 4 is 29.2 Å². The van der Waals surface area contributed by atoms with E-state index in [9.17, 15) is 4.79 Å². The quantitative estimate of drug-likeness (QED) is 0.568.